The number of aromatic nitrogens is 3. The van der Waals surface area contributed by atoms with E-state index in [1.54, 1.807) is 11.3 Å². The van der Waals surface area contributed by atoms with Crippen molar-refractivity contribution in [2.75, 3.05) is 4.90 Å². The zero-order valence-electron chi connectivity index (χ0n) is 11.0. The highest BCUT2D eigenvalue weighted by Crippen LogP contribution is 2.27. The van der Waals surface area contributed by atoms with Crippen molar-refractivity contribution in [1.82, 2.24) is 15.2 Å². The summed E-state index contributed by atoms with van der Waals surface area (Å²) in [6.07, 6.45) is 4.47. The second kappa shape index (κ2) is 5.62. The molecule has 2 aromatic rings. The molecule has 2 aromatic heterocycles. The minimum atomic E-state index is -0.568. The Hall–Kier alpha value is -1.89. The molecular weight excluding hydrogens is 276 g/mol. The average Bonchev–Trinajstić information content (AvgIpc) is 3.10. The summed E-state index contributed by atoms with van der Waals surface area (Å²) in [5, 5.41) is 8.30. The summed E-state index contributed by atoms with van der Waals surface area (Å²) in [6.45, 7) is 0.657. The van der Waals surface area contributed by atoms with Gasteiger partial charge in [0.15, 0.2) is 0 Å². The molecule has 0 saturated heterocycles. The summed E-state index contributed by atoms with van der Waals surface area (Å²) in [7, 11) is 0. The molecule has 1 fully saturated rings. The molecule has 1 aliphatic rings. The number of H-pyrrole nitrogens is 2. The van der Waals surface area contributed by atoms with E-state index in [0.29, 0.717) is 18.4 Å². The first kappa shape index (κ1) is 13.1. The maximum atomic E-state index is 12.0. The van der Waals surface area contributed by atoms with E-state index in [2.05, 4.69) is 15.2 Å². The van der Waals surface area contributed by atoms with E-state index in [1.165, 1.54) is 17.7 Å². The van der Waals surface area contributed by atoms with E-state index in [9.17, 15) is 9.59 Å². The van der Waals surface area contributed by atoms with Crippen molar-refractivity contribution in [2.45, 2.75) is 38.3 Å². The van der Waals surface area contributed by atoms with Gasteiger partial charge in [0.25, 0.3) is 5.56 Å². The van der Waals surface area contributed by atoms with Crippen LogP contribution >= 0.6 is 11.3 Å². The summed E-state index contributed by atoms with van der Waals surface area (Å²) in [5.74, 6) is 0.310. The summed E-state index contributed by atoms with van der Waals surface area (Å²) in [6, 6.07) is 4.36. The molecule has 20 heavy (non-hydrogen) atoms. The van der Waals surface area contributed by atoms with E-state index < -0.39 is 11.2 Å². The van der Waals surface area contributed by atoms with Crippen LogP contribution in [-0.4, -0.2) is 21.2 Å². The minimum Gasteiger partial charge on any atom is -0.342 e. The lowest BCUT2D eigenvalue weighted by Crippen LogP contribution is -2.39. The molecule has 0 unspecified atom stereocenters. The van der Waals surface area contributed by atoms with Gasteiger partial charge in [0.2, 0.25) is 5.82 Å². The molecule has 2 N–H and O–H groups in total. The van der Waals surface area contributed by atoms with Crippen LogP contribution in [0, 0.1) is 0 Å². The van der Waals surface area contributed by atoms with Crippen molar-refractivity contribution in [2.24, 2.45) is 0 Å². The summed E-state index contributed by atoms with van der Waals surface area (Å²) in [4.78, 5) is 28.6. The van der Waals surface area contributed by atoms with Crippen LogP contribution in [-0.2, 0) is 6.54 Å². The van der Waals surface area contributed by atoms with E-state index in [1.807, 2.05) is 22.4 Å². The number of hydrogen-bond acceptors (Lipinski definition) is 5. The van der Waals surface area contributed by atoms with Crippen LogP contribution in [0.3, 0.4) is 0 Å². The van der Waals surface area contributed by atoms with Crippen LogP contribution in [0.5, 0.6) is 0 Å². The maximum Gasteiger partial charge on any atom is 0.342 e. The Labute approximate surface area is 119 Å². The minimum absolute atomic E-state index is 0.310. The second-order valence-electron chi connectivity index (χ2n) is 4.98. The number of thiophene rings is 1. The number of hydrogen-bond donors (Lipinski definition) is 2. The highest BCUT2D eigenvalue weighted by Gasteiger charge is 2.26. The fraction of sp³-hybridized carbons (Fsp3) is 0.462. The lowest BCUT2D eigenvalue weighted by Gasteiger charge is -2.28. The Balaban J connectivity index is 1.95. The highest BCUT2D eigenvalue weighted by atomic mass is 32.1. The van der Waals surface area contributed by atoms with Crippen LogP contribution in [0.1, 0.15) is 30.6 Å². The molecule has 0 amide bonds. The molecule has 7 heteroatoms. The monoisotopic (exact) mass is 292 g/mol. The number of aromatic amines is 2. The standard InChI is InChI=1S/C13H16N4O2S/c18-12-11(15-16-13(19)14-12)17(9-4-1-2-5-9)8-10-6-3-7-20-10/h3,6-7,9H,1-2,4-5,8H2,(H2,14,16,18,19). The predicted octanol–water partition coefficient (Wildman–Crippen LogP) is 1.47. The van der Waals surface area contributed by atoms with Crippen molar-refractivity contribution in [1.29, 1.82) is 0 Å². The van der Waals surface area contributed by atoms with Gasteiger partial charge in [-0.05, 0) is 24.3 Å². The molecule has 3 rings (SSSR count). The van der Waals surface area contributed by atoms with E-state index in [0.717, 1.165) is 12.8 Å². The zero-order chi connectivity index (χ0) is 13.9. The van der Waals surface area contributed by atoms with Gasteiger partial charge in [-0.15, -0.1) is 16.4 Å². The van der Waals surface area contributed by atoms with Gasteiger partial charge in [0, 0.05) is 10.9 Å². The molecule has 0 radical (unpaired) electrons. The van der Waals surface area contributed by atoms with Crippen LogP contribution in [0.2, 0.25) is 0 Å². The Bertz CT molecular complexity index is 670. The fourth-order valence-electron chi connectivity index (χ4n) is 2.70. The van der Waals surface area contributed by atoms with Gasteiger partial charge in [-0.25, -0.2) is 9.89 Å². The van der Waals surface area contributed by atoms with E-state index in [4.69, 9.17) is 0 Å². The van der Waals surface area contributed by atoms with Gasteiger partial charge in [0.05, 0.1) is 6.54 Å². The molecule has 0 atom stereocenters. The fourth-order valence-corrected chi connectivity index (χ4v) is 3.40. The Morgan fingerprint density at radius 1 is 1.35 bits per heavy atom. The summed E-state index contributed by atoms with van der Waals surface area (Å²) >= 11 is 1.66. The van der Waals surface area contributed by atoms with Crippen molar-refractivity contribution in [3.05, 3.63) is 43.2 Å². The Morgan fingerprint density at radius 2 is 2.15 bits per heavy atom. The third kappa shape index (κ3) is 2.67. The number of nitrogens with one attached hydrogen (secondary N) is 2. The normalized spacial score (nSPS) is 15.6. The topological polar surface area (TPSA) is 81.8 Å². The van der Waals surface area contributed by atoms with Crippen molar-refractivity contribution in [3.8, 4) is 0 Å². The van der Waals surface area contributed by atoms with Crippen LogP contribution in [0.4, 0.5) is 5.82 Å². The first-order valence-corrected chi connectivity index (χ1v) is 7.60. The van der Waals surface area contributed by atoms with Gasteiger partial charge in [0.1, 0.15) is 0 Å². The predicted molar refractivity (Wildman–Crippen MR) is 78.2 cm³/mol. The lowest BCUT2D eigenvalue weighted by molar-refractivity contribution is 0.590. The van der Waals surface area contributed by atoms with Gasteiger partial charge in [-0.2, -0.15) is 0 Å². The molecule has 2 heterocycles. The van der Waals surface area contributed by atoms with Gasteiger partial charge >= 0.3 is 5.69 Å². The Kier molecular flexibility index (Phi) is 3.68. The van der Waals surface area contributed by atoms with Crippen LogP contribution in [0.25, 0.3) is 0 Å². The molecule has 1 aliphatic carbocycles. The first-order chi connectivity index (χ1) is 9.74. The van der Waals surface area contributed by atoms with Crippen LogP contribution < -0.4 is 16.1 Å². The molecule has 0 spiro atoms. The smallest absolute Gasteiger partial charge is 0.342 e. The molecule has 1 saturated carbocycles. The van der Waals surface area contributed by atoms with Crippen LogP contribution in [0.15, 0.2) is 27.1 Å². The van der Waals surface area contributed by atoms with E-state index >= 15 is 0 Å². The lowest BCUT2D eigenvalue weighted by atomic mass is 10.2. The first-order valence-electron chi connectivity index (χ1n) is 6.72. The summed E-state index contributed by atoms with van der Waals surface area (Å²) in [5.41, 5.74) is -0.988. The number of rotatable bonds is 4. The third-order valence-corrected chi connectivity index (χ3v) is 4.50. The molecular formula is C13H16N4O2S. The quantitative estimate of drug-likeness (QED) is 0.894. The van der Waals surface area contributed by atoms with Gasteiger partial charge in [-0.3, -0.25) is 9.78 Å². The van der Waals surface area contributed by atoms with E-state index in [-0.39, 0.29) is 0 Å². The molecule has 0 aromatic carbocycles. The molecule has 6 nitrogen and oxygen atoms in total. The van der Waals surface area contributed by atoms with Gasteiger partial charge in [-0.1, -0.05) is 18.9 Å². The second-order valence-corrected chi connectivity index (χ2v) is 6.01. The average molecular weight is 292 g/mol. The SMILES string of the molecule is O=c1[nH]nc(N(Cc2cccs2)C2CCCC2)c(=O)[nH]1. The molecule has 0 bridgehead atoms. The number of anilines is 1. The van der Waals surface area contributed by atoms with Crippen molar-refractivity contribution < 1.29 is 0 Å². The maximum absolute atomic E-state index is 12.0. The largest absolute Gasteiger partial charge is 0.342 e. The Morgan fingerprint density at radius 3 is 2.80 bits per heavy atom. The molecule has 106 valence electrons. The number of nitrogens with zero attached hydrogens (tertiary/aromatic N) is 2. The molecule has 0 aliphatic heterocycles. The summed E-state index contributed by atoms with van der Waals surface area (Å²) < 4.78 is 0. The highest BCUT2D eigenvalue weighted by molar-refractivity contribution is 7.09. The third-order valence-electron chi connectivity index (χ3n) is 3.64. The van der Waals surface area contributed by atoms with Crippen molar-refractivity contribution in [3.63, 3.8) is 0 Å². The van der Waals surface area contributed by atoms with Crippen molar-refractivity contribution >= 4 is 17.2 Å². The zero-order valence-corrected chi connectivity index (χ0v) is 11.8. The van der Waals surface area contributed by atoms with Gasteiger partial charge < -0.3 is 4.90 Å².